The van der Waals surface area contributed by atoms with Gasteiger partial charge in [-0.15, -0.1) is 5.10 Å². The topological polar surface area (TPSA) is 72.7 Å². The zero-order valence-corrected chi connectivity index (χ0v) is 18.1. The highest BCUT2D eigenvalue weighted by Gasteiger charge is 2.18. The maximum atomic E-state index is 12.7. The van der Waals surface area contributed by atoms with Crippen LogP contribution in [0.15, 0.2) is 53.7 Å². The van der Waals surface area contributed by atoms with Crippen LogP contribution in [-0.2, 0) is 4.79 Å². The van der Waals surface area contributed by atoms with Crippen LogP contribution in [0.4, 0.5) is 0 Å². The molecule has 29 heavy (non-hydrogen) atoms. The lowest BCUT2D eigenvalue weighted by molar-refractivity contribution is -0.119. The van der Waals surface area contributed by atoms with Crippen molar-refractivity contribution in [3.05, 3.63) is 65.2 Å². The van der Waals surface area contributed by atoms with Crippen molar-refractivity contribution in [2.24, 2.45) is 5.92 Å². The van der Waals surface area contributed by atoms with Gasteiger partial charge in [0.05, 0.1) is 17.5 Å². The fourth-order valence-corrected chi connectivity index (χ4v) is 4.04. The number of amides is 1. The number of aromatic nitrogens is 4. The molecule has 1 atom stereocenters. The third kappa shape index (κ3) is 5.44. The summed E-state index contributed by atoms with van der Waals surface area (Å²) in [4.78, 5) is 12.7. The molecule has 0 aliphatic carbocycles. The number of nitrogens with one attached hydrogen (secondary N) is 1. The van der Waals surface area contributed by atoms with E-state index in [2.05, 4.69) is 46.8 Å². The van der Waals surface area contributed by atoms with Gasteiger partial charge in [-0.2, -0.15) is 4.68 Å². The van der Waals surface area contributed by atoms with Gasteiger partial charge < -0.3 is 5.32 Å². The van der Waals surface area contributed by atoms with Crippen molar-refractivity contribution < 1.29 is 4.79 Å². The van der Waals surface area contributed by atoms with Crippen molar-refractivity contribution in [3.8, 4) is 5.69 Å². The van der Waals surface area contributed by atoms with Crippen LogP contribution in [-0.4, -0.2) is 31.9 Å². The third-order valence-corrected chi connectivity index (χ3v) is 5.59. The van der Waals surface area contributed by atoms with Crippen LogP contribution in [0, 0.1) is 19.8 Å². The predicted molar refractivity (Wildman–Crippen MR) is 116 cm³/mol. The minimum atomic E-state index is -0.0273. The van der Waals surface area contributed by atoms with Gasteiger partial charge in [-0.25, -0.2) is 0 Å². The van der Waals surface area contributed by atoms with Crippen LogP contribution < -0.4 is 5.32 Å². The molecule has 7 heteroatoms. The van der Waals surface area contributed by atoms with Crippen molar-refractivity contribution in [1.82, 2.24) is 25.5 Å². The maximum Gasteiger partial charge on any atom is 0.230 e. The zero-order chi connectivity index (χ0) is 20.8. The molecule has 0 fully saturated rings. The smallest absolute Gasteiger partial charge is 0.230 e. The number of para-hydroxylation sites is 1. The molecule has 0 bridgehead atoms. The molecule has 6 nitrogen and oxygen atoms in total. The fraction of sp³-hybridized carbons (Fsp3) is 0.364. The molecular formula is C22H27N5OS. The Hall–Kier alpha value is -2.67. The highest BCUT2D eigenvalue weighted by molar-refractivity contribution is 7.99. The monoisotopic (exact) mass is 409 g/mol. The average Bonchev–Trinajstić information content (AvgIpc) is 3.14. The normalized spacial score (nSPS) is 12.2. The Labute approximate surface area is 176 Å². The number of thioether (sulfide) groups is 1. The molecule has 1 unspecified atom stereocenters. The Bertz CT molecular complexity index is 935. The van der Waals surface area contributed by atoms with E-state index in [4.69, 9.17) is 0 Å². The van der Waals surface area contributed by atoms with Crippen molar-refractivity contribution >= 4 is 17.7 Å². The molecule has 1 amide bonds. The summed E-state index contributed by atoms with van der Waals surface area (Å²) in [5.41, 5.74) is 4.26. The second-order valence-corrected chi connectivity index (χ2v) is 8.51. The Morgan fingerprint density at radius 3 is 2.41 bits per heavy atom. The van der Waals surface area contributed by atoms with Gasteiger partial charge in [-0.05, 0) is 53.3 Å². The quantitative estimate of drug-likeness (QED) is 0.562. The van der Waals surface area contributed by atoms with E-state index in [1.807, 2.05) is 50.2 Å². The highest BCUT2D eigenvalue weighted by Crippen LogP contribution is 2.24. The molecule has 1 N–H and O–H groups in total. The van der Waals surface area contributed by atoms with E-state index in [9.17, 15) is 4.79 Å². The van der Waals surface area contributed by atoms with Crippen LogP contribution >= 0.6 is 11.8 Å². The molecule has 0 saturated heterocycles. The zero-order valence-electron chi connectivity index (χ0n) is 17.3. The molecule has 0 radical (unpaired) electrons. The van der Waals surface area contributed by atoms with Crippen LogP contribution in [0.2, 0.25) is 0 Å². The van der Waals surface area contributed by atoms with E-state index >= 15 is 0 Å². The number of carbonyl (C=O) groups excluding carboxylic acids is 1. The van der Waals surface area contributed by atoms with Gasteiger partial charge in [-0.3, -0.25) is 4.79 Å². The summed E-state index contributed by atoms with van der Waals surface area (Å²) in [5, 5.41) is 15.9. The van der Waals surface area contributed by atoms with Crippen molar-refractivity contribution in [3.63, 3.8) is 0 Å². The lowest BCUT2D eigenvalue weighted by atomic mass is 9.97. The maximum absolute atomic E-state index is 12.7. The van der Waals surface area contributed by atoms with Gasteiger partial charge in [0.15, 0.2) is 0 Å². The first-order valence-electron chi connectivity index (χ1n) is 9.77. The number of hydrogen-bond donors (Lipinski definition) is 1. The van der Waals surface area contributed by atoms with Crippen LogP contribution in [0.5, 0.6) is 0 Å². The van der Waals surface area contributed by atoms with Gasteiger partial charge in [-0.1, -0.05) is 74.1 Å². The summed E-state index contributed by atoms with van der Waals surface area (Å²) in [6, 6.07) is 16.2. The number of aryl methyl sites for hydroxylation is 2. The number of hydrogen-bond acceptors (Lipinski definition) is 5. The summed E-state index contributed by atoms with van der Waals surface area (Å²) in [6.45, 7) is 8.38. The molecule has 0 spiro atoms. The molecule has 0 aliphatic rings. The van der Waals surface area contributed by atoms with Crippen molar-refractivity contribution in [2.45, 2.75) is 45.3 Å². The van der Waals surface area contributed by atoms with Gasteiger partial charge in [0.1, 0.15) is 0 Å². The number of nitrogens with zero attached hydrogens (tertiary/aromatic N) is 4. The minimum absolute atomic E-state index is 0.00101. The van der Waals surface area contributed by atoms with Gasteiger partial charge in [0, 0.05) is 0 Å². The average molecular weight is 410 g/mol. The van der Waals surface area contributed by atoms with Gasteiger partial charge >= 0.3 is 0 Å². The number of tetrazole rings is 1. The van der Waals surface area contributed by atoms with E-state index < -0.39 is 0 Å². The van der Waals surface area contributed by atoms with E-state index in [-0.39, 0.29) is 17.7 Å². The molecule has 152 valence electrons. The summed E-state index contributed by atoms with van der Waals surface area (Å²) in [6.07, 6.45) is 0.889. The lowest BCUT2D eigenvalue weighted by Crippen LogP contribution is -2.31. The fourth-order valence-electron chi connectivity index (χ4n) is 3.35. The molecule has 3 rings (SSSR count). The molecule has 1 heterocycles. The van der Waals surface area contributed by atoms with E-state index in [1.54, 1.807) is 4.68 Å². The summed E-state index contributed by atoms with van der Waals surface area (Å²) in [7, 11) is 0. The van der Waals surface area contributed by atoms with Crippen molar-refractivity contribution in [2.75, 3.05) is 5.75 Å². The predicted octanol–water partition coefficient (Wildman–Crippen LogP) is 4.27. The lowest BCUT2D eigenvalue weighted by Gasteiger charge is -2.21. The Morgan fingerprint density at radius 1 is 1.07 bits per heavy atom. The second-order valence-electron chi connectivity index (χ2n) is 7.56. The molecule has 1 aromatic heterocycles. The van der Waals surface area contributed by atoms with Crippen LogP contribution in [0.3, 0.4) is 0 Å². The van der Waals surface area contributed by atoms with E-state index in [0.717, 1.165) is 28.8 Å². The van der Waals surface area contributed by atoms with E-state index in [0.29, 0.717) is 11.1 Å². The molecular weight excluding hydrogens is 382 g/mol. The second kappa shape index (κ2) is 9.69. The first-order chi connectivity index (χ1) is 14.0. The van der Waals surface area contributed by atoms with Gasteiger partial charge in [0.25, 0.3) is 0 Å². The molecule has 0 aliphatic heterocycles. The van der Waals surface area contributed by atoms with E-state index in [1.165, 1.54) is 11.8 Å². The molecule has 0 saturated carbocycles. The first kappa shape index (κ1) is 21.0. The standard InChI is InChI=1S/C22H27N5OS/c1-15(2)13-19(18-11-6-5-7-12-18)23-20(28)14-29-22-24-25-26-27(22)21-16(3)9-8-10-17(21)4/h5-12,15,19H,13-14H2,1-4H3,(H,23,28). The summed E-state index contributed by atoms with van der Waals surface area (Å²) >= 11 is 1.34. The van der Waals surface area contributed by atoms with Crippen LogP contribution in [0.25, 0.3) is 5.69 Å². The SMILES string of the molecule is Cc1cccc(C)c1-n1nnnc1SCC(=O)NC(CC(C)C)c1ccccc1. The largest absolute Gasteiger partial charge is 0.349 e. The summed E-state index contributed by atoms with van der Waals surface area (Å²) < 4.78 is 1.71. The van der Waals surface area contributed by atoms with Crippen molar-refractivity contribution in [1.29, 1.82) is 0 Å². The number of carbonyl (C=O) groups is 1. The van der Waals surface area contributed by atoms with Crippen LogP contribution in [0.1, 0.15) is 43.0 Å². The highest BCUT2D eigenvalue weighted by atomic mass is 32.2. The first-order valence-corrected chi connectivity index (χ1v) is 10.8. The number of benzene rings is 2. The molecule has 3 aromatic rings. The minimum Gasteiger partial charge on any atom is -0.349 e. The Kier molecular flexibility index (Phi) is 7.04. The van der Waals surface area contributed by atoms with Gasteiger partial charge in [0.2, 0.25) is 11.1 Å². The Balaban J connectivity index is 1.69. The number of rotatable bonds is 8. The summed E-state index contributed by atoms with van der Waals surface area (Å²) in [5.74, 6) is 0.706. The Morgan fingerprint density at radius 2 is 1.76 bits per heavy atom. The molecule has 2 aromatic carbocycles. The third-order valence-electron chi connectivity index (χ3n) is 4.67.